The van der Waals surface area contributed by atoms with Gasteiger partial charge in [-0.25, -0.2) is 4.68 Å². The number of piperazine rings is 1. The number of aryl methyl sites for hydroxylation is 1. The number of benzene rings is 1. The van der Waals surface area contributed by atoms with E-state index in [1.807, 2.05) is 47.7 Å². The molecule has 2 aromatic rings. The fourth-order valence-electron chi connectivity index (χ4n) is 3.13. The highest BCUT2D eigenvalue weighted by Crippen LogP contribution is 2.23. The summed E-state index contributed by atoms with van der Waals surface area (Å²) in [7, 11) is 0. The Bertz CT molecular complexity index is 753. The first-order chi connectivity index (χ1) is 11.4. The van der Waals surface area contributed by atoms with E-state index in [-0.39, 0.29) is 11.9 Å². The first-order valence-electron chi connectivity index (χ1n) is 8.26. The van der Waals surface area contributed by atoms with Crippen molar-refractivity contribution in [3.8, 4) is 5.69 Å². The lowest BCUT2D eigenvalue weighted by Crippen LogP contribution is -2.57. The van der Waals surface area contributed by atoms with Crippen LogP contribution in [0.5, 0.6) is 0 Å². The van der Waals surface area contributed by atoms with E-state index in [4.69, 9.17) is 0 Å². The Morgan fingerprint density at radius 2 is 1.92 bits per heavy atom. The van der Waals surface area contributed by atoms with Gasteiger partial charge in [0.1, 0.15) is 0 Å². The number of nitrogens with one attached hydrogen (secondary N) is 1. The van der Waals surface area contributed by atoms with Gasteiger partial charge in [0.05, 0.1) is 21.5 Å². The van der Waals surface area contributed by atoms with Crippen LogP contribution in [0, 0.1) is 13.8 Å². The molecular formula is C18H23BrN4O. The summed E-state index contributed by atoms with van der Waals surface area (Å²) in [6.07, 6.45) is 0. The molecule has 3 rings (SSSR count). The first-order valence-corrected chi connectivity index (χ1v) is 9.06. The molecule has 24 heavy (non-hydrogen) atoms. The van der Waals surface area contributed by atoms with Crippen molar-refractivity contribution in [2.75, 3.05) is 13.1 Å². The first kappa shape index (κ1) is 17.2. The molecule has 0 bridgehead atoms. The Morgan fingerprint density at radius 3 is 2.50 bits per heavy atom. The number of nitrogens with zero attached hydrogens (tertiary/aromatic N) is 3. The summed E-state index contributed by atoms with van der Waals surface area (Å²) in [6, 6.07) is 8.19. The predicted octanol–water partition coefficient (Wildman–Crippen LogP) is 3.07. The number of hydrogen-bond donors (Lipinski definition) is 1. The molecule has 128 valence electrons. The third-order valence-corrected chi connectivity index (χ3v) is 6.00. The van der Waals surface area contributed by atoms with Gasteiger partial charge in [0.15, 0.2) is 0 Å². The van der Waals surface area contributed by atoms with Crippen molar-refractivity contribution in [2.24, 2.45) is 0 Å². The SMILES string of the molecule is Cc1nn(-c2ccc(C(=O)N3CCNC(C)C3C)cc2)c(C)c1Br. The lowest BCUT2D eigenvalue weighted by molar-refractivity contribution is 0.0603. The van der Waals surface area contributed by atoms with Crippen molar-refractivity contribution in [3.05, 3.63) is 45.7 Å². The van der Waals surface area contributed by atoms with Crippen molar-refractivity contribution in [3.63, 3.8) is 0 Å². The summed E-state index contributed by atoms with van der Waals surface area (Å²) in [4.78, 5) is 14.8. The molecule has 1 fully saturated rings. The smallest absolute Gasteiger partial charge is 0.254 e. The predicted molar refractivity (Wildman–Crippen MR) is 98.7 cm³/mol. The summed E-state index contributed by atoms with van der Waals surface area (Å²) in [5.74, 6) is 0.0944. The second-order valence-electron chi connectivity index (χ2n) is 6.43. The fraction of sp³-hybridized carbons (Fsp3) is 0.444. The molecule has 1 saturated heterocycles. The molecule has 6 heteroatoms. The van der Waals surface area contributed by atoms with Gasteiger partial charge in [-0.15, -0.1) is 0 Å². The standard InChI is InChI=1S/C18H23BrN4O/c1-11-13(3)22(10-9-20-11)18(24)15-5-7-16(8-6-15)23-14(4)17(19)12(2)21-23/h5-8,11,13,20H,9-10H2,1-4H3. The third-order valence-electron chi connectivity index (χ3n) is 4.86. The molecule has 5 nitrogen and oxygen atoms in total. The molecule has 1 aliphatic heterocycles. The van der Waals surface area contributed by atoms with E-state index in [1.165, 1.54) is 0 Å². The molecule has 1 aromatic heterocycles. The fourth-order valence-corrected chi connectivity index (χ4v) is 3.38. The Balaban J connectivity index is 1.84. The molecule has 0 spiro atoms. The minimum Gasteiger partial charge on any atom is -0.333 e. The van der Waals surface area contributed by atoms with E-state index < -0.39 is 0 Å². The number of amides is 1. The largest absolute Gasteiger partial charge is 0.333 e. The zero-order valence-corrected chi connectivity index (χ0v) is 16.1. The average Bonchev–Trinajstić information content (AvgIpc) is 2.84. The molecule has 2 atom stereocenters. The molecule has 1 aliphatic rings. The van der Waals surface area contributed by atoms with E-state index in [1.54, 1.807) is 0 Å². The van der Waals surface area contributed by atoms with Gasteiger partial charge in [0.25, 0.3) is 5.91 Å². The van der Waals surface area contributed by atoms with Crippen molar-refractivity contribution in [2.45, 2.75) is 39.8 Å². The van der Waals surface area contributed by atoms with Gasteiger partial charge >= 0.3 is 0 Å². The van der Waals surface area contributed by atoms with Crippen LogP contribution in [0.3, 0.4) is 0 Å². The molecule has 2 heterocycles. The molecule has 1 aromatic carbocycles. The van der Waals surface area contributed by atoms with Gasteiger partial charge in [-0.2, -0.15) is 5.10 Å². The quantitative estimate of drug-likeness (QED) is 0.856. The van der Waals surface area contributed by atoms with Gasteiger partial charge in [0, 0.05) is 30.7 Å². The average molecular weight is 391 g/mol. The van der Waals surface area contributed by atoms with E-state index >= 15 is 0 Å². The van der Waals surface area contributed by atoms with Crippen molar-refractivity contribution < 1.29 is 4.79 Å². The monoisotopic (exact) mass is 390 g/mol. The van der Waals surface area contributed by atoms with Gasteiger partial charge in [-0.05, 0) is 67.9 Å². The highest BCUT2D eigenvalue weighted by atomic mass is 79.9. The van der Waals surface area contributed by atoms with Crippen molar-refractivity contribution >= 4 is 21.8 Å². The van der Waals surface area contributed by atoms with Crippen LogP contribution >= 0.6 is 15.9 Å². The van der Waals surface area contributed by atoms with Crippen LogP contribution in [0.2, 0.25) is 0 Å². The number of carbonyl (C=O) groups is 1. The molecule has 1 amide bonds. The van der Waals surface area contributed by atoms with Gasteiger partial charge < -0.3 is 10.2 Å². The van der Waals surface area contributed by atoms with Gasteiger partial charge in [0.2, 0.25) is 0 Å². The zero-order chi connectivity index (χ0) is 17.4. The third kappa shape index (κ3) is 3.00. The van der Waals surface area contributed by atoms with Crippen LogP contribution in [0.1, 0.15) is 35.6 Å². The minimum atomic E-state index is 0.0944. The van der Waals surface area contributed by atoms with Crippen LogP contribution in [-0.4, -0.2) is 45.8 Å². The molecule has 0 saturated carbocycles. The topological polar surface area (TPSA) is 50.2 Å². The van der Waals surface area contributed by atoms with Crippen LogP contribution in [-0.2, 0) is 0 Å². The summed E-state index contributed by atoms with van der Waals surface area (Å²) in [6.45, 7) is 9.79. The van der Waals surface area contributed by atoms with Crippen molar-refractivity contribution in [1.29, 1.82) is 0 Å². The number of halogens is 1. The Labute approximate surface area is 151 Å². The second-order valence-corrected chi connectivity index (χ2v) is 7.22. The maximum Gasteiger partial charge on any atom is 0.254 e. The van der Waals surface area contributed by atoms with E-state index in [0.29, 0.717) is 6.04 Å². The number of rotatable bonds is 2. The van der Waals surface area contributed by atoms with Gasteiger partial charge in [-0.3, -0.25) is 4.79 Å². The van der Waals surface area contributed by atoms with Crippen LogP contribution in [0.15, 0.2) is 28.7 Å². The Morgan fingerprint density at radius 1 is 1.25 bits per heavy atom. The normalized spacial score (nSPS) is 21.1. The van der Waals surface area contributed by atoms with Crippen LogP contribution < -0.4 is 5.32 Å². The highest BCUT2D eigenvalue weighted by Gasteiger charge is 2.28. The highest BCUT2D eigenvalue weighted by molar-refractivity contribution is 9.10. The lowest BCUT2D eigenvalue weighted by atomic mass is 10.1. The van der Waals surface area contributed by atoms with Crippen LogP contribution in [0.25, 0.3) is 5.69 Å². The maximum atomic E-state index is 12.8. The summed E-state index contributed by atoms with van der Waals surface area (Å²) >= 11 is 3.55. The Hall–Kier alpha value is -1.66. The van der Waals surface area contributed by atoms with Gasteiger partial charge in [-0.1, -0.05) is 0 Å². The molecule has 0 radical (unpaired) electrons. The minimum absolute atomic E-state index is 0.0944. The maximum absolute atomic E-state index is 12.8. The summed E-state index contributed by atoms with van der Waals surface area (Å²) in [5, 5.41) is 7.94. The Kier molecular flexibility index (Phi) is 4.78. The van der Waals surface area contributed by atoms with E-state index in [2.05, 4.69) is 40.2 Å². The molecule has 2 unspecified atom stereocenters. The summed E-state index contributed by atoms with van der Waals surface area (Å²) in [5.41, 5.74) is 3.69. The zero-order valence-electron chi connectivity index (χ0n) is 14.5. The van der Waals surface area contributed by atoms with E-state index in [9.17, 15) is 4.79 Å². The van der Waals surface area contributed by atoms with Crippen molar-refractivity contribution in [1.82, 2.24) is 20.0 Å². The number of hydrogen-bond acceptors (Lipinski definition) is 3. The molecule has 1 N–H and O–H groups in total. The second kappa shape index (κ2) is 6.69. The molecule has 0 aliphatic carbocycles. The molecular weight excluding hydrogens is 368 g/mol. The number of aromatic nitrogens is 2. The lowest BCUT2D eigenvalue weighted by Gasteiger charge is -2.38. The number of carbonyl (C=O) groups excluding carboxylic acids is 1. The van der Waals surface area contributed by atoms with E-state index in [0.717, 1.165) is 40.2 Å². The summed E-state index contributed by atoms with van der Waals surface area (Å²) < 4.78 is 2.91. The van der Waals surface area contributed by atoms with Crippen LogP contribution in [0.4, 0.5) is 0 Å².